The zero-order chi connectivity index (χ0) is 12.8. The van der Waals surface area contributed by atoms with Crippen LogP contribution in [0.1, 0.15) is 18.5 Å². The van der Waals surface area contributed by atoms with Crippen LogP contribution in [0.3, 0.4) is 0 Å². The third-order valence-electron chi connectivity index (χ3n) is 2.53. The summed E-state index contributed by atoms with van der Waals surface area (Å²) in [6, 6.07) is 6.19. The molecule has 0 aromatic heterocycles. The van der Waals surface area contributed by atoms with Gasteiger partial charge in [0.25, 0.3) is 0 Å². The number of nitrogens with one attached hydrogen (secondary N) is 2. The van der Waals surface area contributed by atoms with Gasteiger partial charge >= 0.3 is 0 Å². The fraction of sp³-hybridized carbons (Fsp3) is 0.417. The Bertz CT molecular complexity index is 398. The highest BCUT2D eigenvalue weighted by molar-refractivity contribution is 8.00. The molecule has 0 saturated heterocycles. The Morgan fingerprint density at radius 2 is 2.18 bits per heavy atom. The minimum absolute atomic E-state index is 0.00117. The number of rotatable bonds is 5. The lowest BCUT2D eigenvalue weighted by Crippen LogP contribution is -2.19. The van der Waals surface area contributed by atoms with Gasteiger partial charge in [0, 0.05) is 18.0 Å². The number of benzene rings is 1. The second-order valence-corrected chi connectivity index (χ2v) is 5.09. The van der Waals surface area contributed by atoms with Crippen molar-refractivity contribution in [2.24, 2.45) is 0 Å². The van der Waals surface area contributed by atoms with Crippen LogP contribution in [-0.4, -0.2) is 25.8 Å². The Kier molecular flexibility index (Phi) is 5.82. The van der Waals surface area contributed by atoms with Gasteiger partial charge < -0.3 is 10.6 Å². The van der Waals surface area contributed by atoms with Gasteiger partial charge in [0.2, 0.25) is 5.91 Å². The van der Waals surface area contributed by atoms with E-state index in [4.69, 9.17) is 11.6 Å². The summed E-state index contributed by atoms with van der Waals surface area (Å²) >= 11 is 7.62. The number of halogens is 1. The van der Waals surface area contributed by atoms with Gasteiger partial charge in [-0.05, 0) is 31.7 Å². The molecule has 2 N–H and O–H groups in total. The topological polar surface area (TPSA) is 41.1 Å². The molecule has 3 nitrogen and oxygen atoms in total. The van der Waals surface area contributed by atoms with E-state index in [2.05, 4.69) is 17.6 Å². The van der Waals surface area contributed by atoms with Crippen molar-refractivity contribution in [1.82, 2.24) is 10.6 Å². The van der Waals surface area contributed by atoms with Crippen molar-refractivity contribution in [2.45, 2.75) is 17.9 Å². The van der Waals surface area contributed by atoms with E-state index in [1.165, 1.54) is 11.8 Å². The highest BCUT2D eigenvalue weighted by Crippen LogP contribution is 2.29. The molecule has 0 aliphatic rings. The van der Waals surface area contributed by atoms with E-state index >= 15 is 0 Å². The Balaban J connectivity index is 2.72. The highest BCUT2D eigenvalue weighted by atomic mass is 35.5. The molecule has 0 bridgehead atoms. The fourth-order valence-electron chi connectivity index (χ4n) is 1.29. The molecule has 17 heavy (non-hydrogen) atoms. The number of amides is 1. The van der Waals surface area contributed by atoms with Gasteiger partial charge in [-0.15, -0.1) is 11.8 Å². The van der Waals surface area contributed by atoms with Crippen LogP contribution >= 0.6 is 23.4 Å². The first-order valence-corrected chi connectivity index (χ1v) is 6.75. The first-order chi connectivity index (χ1) is 8.08. The van der Waals surface area contributed by atoms with Gasteiger partial charge in [-0.1, -0.05) is 17.7 Å². The average molecular weight is 273 g/mol. The van der Waals surface area contributed by atoms with Gasteiger partial charge in [-0.3, -0.25) is 4.79 Å². The lowest BCUT2D eigenvalue weighted by Gasteiger charge is -2.12. The molecular weight excluding hydrogens is 256 g/mol. The van der Waals surface area contributed by atoms with Crippen molar-refractivity contribution < 1.29 is 4.79 Å². The van der Waals surface area contributed by atoms with Crippen molar-refractivity contribution in [3.05, 3.63) is 28.8 Å². The molecule has 1 unspecified atom stereocenters. The van der Waals surface area contributed by atoms with E-state index in [0.29, 0.717) is 10.8 Å². The normalized spacial score (nSPS) is 12.2. The Labute approximate surface area is 111 Å². The van der Waals surface area contributed by atoms with Crippen molar-refractivity contribution in [1.29, 1.82) is 0 Å². The van der Waals surface area contributed by atoms with E-state index in [1.807, 2.05) is 25.2 Å². The van der Waals surface area contributed by atoms with Gasteiger partial charge in [0.05, 0.1) is 10.8 Å². The summed E-state index contributed by atoms with van der Waals surface area (Å²) in [5.74, 6) is 0.385. The summed E-state index contributed by atoms with van der Waals surface area (Å²) in [6.45, 7) is 2.07. The molecule has 1 rings (SSSR count). The SMILES string of the molecule is CNC(=O)CSc1ccc(C(C)NC)cc1Cl. The number of carbonyl (C=O) groups excluding carboxylic acids is 1. The predicted molar refractivity (Wildman–Crippen MR) is 73.7 cm³/mol. The van der Waals surface area contributed by atoms with Gasteiger partial charge in [-0.2, -0.15) is 0 Å². The van der Waals surface area contributed by atoms with Crippen molar-refractivity contribution in [2.75, 3.05) is 19.8 Å². The standard InChI is InChI=1S/C12H17ClN2OS/c1-8(14-2)9-4-5-11(10(13)6-9)17-7-12(16)15-3/h4-6,8,14H,7H2,1-3H3,(H,15,16). The van der Waals surface area contributed by atoms with Crippen LogP contribution in [0.15, 0.2) is 23.1 Å². The molecule has 0 radical (unpaired) electrons. The summed E-state index contributed by atoms with van der Waals surface area (Å²) in [5.41, 5.74) is 1.14. The summed E-state index contributed by atoms with van der Waals surface area (Å²) in [7, 11) is 3.54. The third kappa shape index (κ3) is 4.22. The van der Waals surface area contributed by atoms with Crippen LogP contribution in [0.2, 0.25) is 5.02 Å². The minimum atomic E-state index is -0.00117. The van der Waals surface area contributed by atoms with Crippen LogP contribution in [0.4, 0.5) is 0 Å². The zero-order valence-electron chi connectivity index (χ0n) is 10.2. The van der Waals surface area contributed by atoms with E-state index in [-0.39, 0.29) is 11.9 Å². The van der Waals surface area contributed by atoms with Crippen LogP contribution in [0.5, 0.6) is 0 Å². The van der Waals surface area contributed by atoms with Crippen LogP contribution in [0, 0.1) is 0 Å². The van der Waals surface area contributed by atoms with Gasteiger partial charge in [-0.25, -0.2) is 0 Å². The highest BCUT2D eigenvalue weighted by Gasteiger charge is 2.08. The Morgan fingerprint density at radius 3 is 2.71 bits per heavy atom. The van der Waals surface area contributed by atoms with Crippen molar-refractivity contribution in [3.63, 3.8) is 0 Å². The zero-order valence-corrected chi connectivity index (χ0v) is 11.8. The third-order valence-corrected chi connectivity index (χ3v) is 4.02. The maximum absolute atomic E-state index is 11.1. The molecule has 1 amide bonds. The molecule has 94 valence electrons. The molecule has 0 aliphatic carbocycles. The van der Waals surface area contributed by atoms with Gasteiger partial charge in [0.15, 0.2) is 0 Å². The lowest BCUT2D eigenvalue weighted by atomic mass is 10.1. The summed E-state index contributed by atoms with van der Waals surface area (Å²) in [6.07, 6.45) is 0. The molecular formula is C12H17ClN2OS. The summed E-state index contributed by atoms with van der Waals surface area (Å²) in [5, 5.41) is 6.43. The molecule has 0 spiro atoms. The predicted octanol–water partition coefficient (Wildman–Crippen LogP) is 2.46. The Hall–Kier alpha value is -0.710. The molecule has 1 aromatic rings. The Morgan fingerprint density at radius 1 is 1.47 bits per heavy atom. The van der Waals surface area contributed by atoms with E-state index < -0.39 is 0 Å². The van der Waals surface area contributed by atoms with Crippen LogP contribution < -0.4 is 10.6 Å². The first-order valence-electron chi connectivity index (χ1n) is 5.38. The largest absolute Gasteiger partial charge is 0.358 e. The van der Waals surface area contributed by atoms with Crippen LogP contribution in [-0.2, 0) is 4.79 Å². The van der Waals surface area contributed by atoms with Gasteiger partial charge in [0.1, 0.15) is 0 Å². The minimum Gasteiger partial charge on any atom is -0.358 e. The quantitative estimate of drug-likeness (QED) is 0.809. The second-order valence-electron chi connectivity index (χ2n) is 3.66. The van der Waals surface area contributed by atoms with Crippen LogP contribution in [0.25, 0.3) is 0 Å². The number of hydrogen-bond donors (Lipinski definition) is 2. The summed E-state index contributed by atoms with van der Waals surface area (Å²) in [4.78, 5) is 12.1. The van der Waals surface area contributed by atoms with E-state index in [9.17, 15) is 4.79 Å². The molecule has 5 heteroatoms. The maximum Gasteiger partial charge on any atom is 0.230 e. The van der Waals surface area contributed by atoms with E-state index in [1.54, 1.807) is 7.05 Å². The molecule has 0 aliphatic heterocycles. The number of thioether (sulfide) groups is 1. The molecule has 0 heterocycles. The fourth-order valence-corrected chi connectivity index (χ4v) is 2.43. The second kappa shape index (κ2) is 6.89. The van der Waals surface area contributed by atoms with E-state index in [0.717, 1.165) is 10.5 Å². The molecule has 1 atom stereocenters. The summed E-state index contributed by atoms with van der Waals surface area (Å²) < 4.78 is 0. The molecule has 0 saturated carbocycles. The lowest BCUT2D eigenvalue weighted by molar-refractivity contribution is -0.118. The molecule has 0 fully saturated rings. The average Bonchev–Trinajstić information content (AvgIpc) is 2.35. The van der Waals surface area contributed by atoms with Crippen molar-refractivity contribution in [3.8, 4) is 0 Å². The number of hydrogen-bond acceptors (Lipinski definition) is 3. The smallest absolute Gasteiger partial charge is 0.230 e. The number of carbonyl (C=O) groups is 1. The van der Waals surface area contributed by atoms with Crippen molar-refractivity contribution >= 4 is 29.3 Å². The maximum atomic E-state index is 11.1. The monoisotopic (exact) mass is 272 g/mol. The molecule has 1 aromatic carbocycles. The first kappa shape index (κ1) is 14.4.